The van der Waals surface area contributed by atoms with Crippen molar-refractivity contribution in [3.8, 4) is 0 Å². The average molecular weight is 255 g/mol. The van der Waals surface area contributed by atoms with Crippen LogP contribution in [0.25, 0.3) is 0 Å². The van der Waals surface area contributed by atoms with E-state index in [4.69, 9.17) is 5.73 Å². The molecule has 0 heterocycles. The summed E-state index contributed by atoms with van der Waals surface area (Å²) >= 11 is 0. The molecule has 0 aromatic carbocycles. The van der Waals surface area contributed by atoms with Crippen molar-refractivity contribution in [2.24, 2.45) is 11.1 Å². The van der Waals surface area contributed by atoms with Gasteiger partial charge in [0.05, 0.1) is 12.0 Å². The lowest BCUT2D eigenvalue weighted by molar-refractivity contribution is -0.147. The first kappa shape index (κ1) is 15.0. The summed E-state index contributed by atoms with van der Waals surface area (Å²) in [6, 6.07) is 0. The summed E-state index contributed by atoms with van der Waals surface area (Å²) in [5, 5.41) is 2.85. The summed E-state index contributed by atoms with van der Waals surface area (Å²) in [5.41, 5.74) is 5.01. The van der Waals surface area contributed by atoms with Gasteiger partial charge in [0.2, 0.25) is 11.8 Å². The Labute approximate surface area is 109 Å². The number of carbonyl (C=O) groups is 2. The Bertz CT molecular complexity index is 324. The van der Waals surface area contributed by atoms with E-state index in [9.17, 15) is 9.59 Å². The average Bonchev–Trinajstić information content (AvgIpc) is 2.13. The molecule has 0 bridgehead atoms. The van der Waals surface area contributed by atoms with Crippen molar-refractivity contribution < 1.29 is 9.59 Å². The molecule has 0 atom stereocenters. The van der Waals surface area contributed by atoms with Crippen molar-refractivity contribution in [1.82, 2.24) is 10.2 Å². The Morgan fingerprint density at radius 3 is 2.22 bits per heavy atom. The summed E-state index contributed by atoms with van der Waals surface area (Å²) < 4.78 is 0. The first-order chi connectivity index (χ1) is 8.20. The van der Waals surface area contributed by atoms with Crippen LogP contribution in [0.2, 0.25) is 0 Å². The number of nitrogens with zero attached hydrogens (tertiary/aromatic N) is 1. The molecular formula is C13H25N3O2. The van der Waals surface area contributed by atoms with Crippen molar-refractivity contribution in [2.75, 3.05) is 20.1 Å². The highest BCUT2D eigenvalue weighted by atomic mass is 16.2. The van der Waals surface area contributed by atoms with Crippen LogP contribution in [0.5, 0.6) is 0 Å². The fourth-order valence-corrected chi connectivity index (χ4v) is 2.26. The molecule has 0 radical (unpaired) electrons. The number of likely N-dealkylation sites (N-methyl/N-ethyl adjacent to an activating group) is 1. The molecule has 1 fully saturated rings. The Hall–Kier alpha value is -1.10. The van der Waals surface area contributed by atoms with E-state index >= 15 is 0 Å². The van der Waals surface area contributed by atoms with Gasteiger partial charge in [0.25, 0.3) is 0 Å². The predicted molar refractivity (Wildman–Crippen MR) is 70.9 cm³/mol. The van der Waals surface area contributed by atoms with Gasteiger partial charge in [-0.3, -0.25) is 9.59 Å². The zero-order chi connectivity index (χ0) is 14.0. The van der Waals surface area contributed by atoms with Crippen molar-refractivity contribution in [3.05, 3.63) is 0 Å². The van der Waals surface area contributed by atoms with E-state index in [0.29, 0.717) is 6.54 Å². The minimum atomic E-state index is -0.406. The molecule has 1 saturated carbocycles. The van der Waals surface area contributed by atoms with Gasteiger partial charge in [-0.15, -0.1) is 0 Å². The number of hydrogen-bond donors (Lipinski definition) is 2. The van der Waals surface area contributed by atoms with E-state index in [2.05, 4.69) is 5.32 Å². The van der Waals surface area contributed by atoms with Crippen LogP contribution in [-0.2, 0) is 9.59 Å². The van der Waals surface area contributed by atoms with E-state index < -0.39 is 5.41 Å². The lowest BCUT2D eigenvalue weighted by Gasteiger charge is -2.41. The van der Waals surface area contributed by atoms with Crippen LogP contribution >= 0.6 is 0 Å². The van der Waals surface area contributed by atoms with Crippen LogP contribution in [0.1, 0.15) is 40.0 Å². The number of nitrogens with one attached hydrogen (secondary N) is 1. The highest BCUT2D eigenvalue weighted by Gasteiger charge is 2.44. The standard InChI is InChI=1S/C13H25N3O2/c1-12(2,3)15-10(17)8-16(4)11(18)13(9-14)6-5-7-13/h5-9,14H2,1-4H3,(H,15,17). The van der Waals surface area contributed by atoms with E-state index in [1.807, 2.05) is 20.8 Å². The summed E-state index contributed by atoms with van der Waals surface area (Å²) in [4.78, 5) is 25.5. The minimum absolute atomic E-state index is 0.000286. The normalized spacial score (nSPS) is 17.8. The third-order valence-electron chi connectivity index (χ3n) is 3.40. The van der Waals surface area contributed by atoms with Gasteiger partial charge in [-0.25, -0.2) is 0 Å². The fraction of sp³-hybridized carbons (Fsp3) is 0.846. The predicted octanol–water partition coefficient (Wildman–Crippen LogP) is 0.489. The summed E-state index contributed by atoms with van der Waals surface area (Å²) in [7, 11) is 1.67. The van der Waals surface area contributed by atoms with Crippen LogP contribution < -0.4 is 11.1 Å². The molecule has 5 nitrogen and oxygen atoms in total. The Morgan fingerprint density at radius 1 is 1.33 bits per heavy atom. The second-order valence-corrected chi connectivity index (χ2v) is 6.30. The maximum atomic E-state index is 12.2. The molecule has 2 amide bonds. The number of carbonyl (C=O) groups excluding carboxylic acids is 2. The monoisotopic (exact) mass is 255 g/mol. The zero-order valence-corrected chi connectivity index (χ0v) is 11.9. The molecule has 104 valence electrons. The highest BCUT2D eigenvalue weighted by Crippen LogP contribution is 2.41. The Morgan fingerprint density at radius 2 is 1.89 bits per heavy atom. The van der Waals surface area contributed by atoms with Crippen LogP contribution in [0.4, 0.5) is 0 Å². The molecule has 0 aromatic heterocycles. The van der Waals surface area contributed by atoms with Crippen LogP contribution in [-0.4, -0.2) is 42.4 Å². The number of amides is 2. The SMILES string of the molecule is CN(CC(=O)NC(C)(C)C)C(=O)C1(CN)CCC1. The minimum Gasteiger partial charge on any atom is -0.350 e. The van der Waals surface area contributed by atoms with Gasteiger partial charge >= 0.3 is 0 Å². The van der Waals surface area contributed by atoms with Gasteiger partial charge in [-0.2, -0.15) is 0 Å². The Balaban J connectivity index is 2.52. The van der Waals surface area contributed by atoms with Gasteiger partial charge < -0.3 is 16.0 Å². The van der Waals surface area contributed by atoms with Crippen molar-refractivity contribution in [3.63, 3.8) is 0 Å². The quantitative estimate of drug-likeness (QED) is 0.767. The summed E-state index contributed by atoms with van der Waals surface area (Å²) in [6.07, 6.45) is 2.73. The van der Waals surface area contributed by atoms with Crippen LogP contribution in [0.3, 0.4) is 0 Å². The van der Waals surface area contributed by atoms with E-state index in [0.717, 1.165) is 19.3 Å². The largest absolute Gasteiger partial charge is 0.350 e. The second kappa shape index (κ2) is 5.26. The van der Waals surface area contributed by atoms with Gasteiger partial charge in [-0.1, -0.05) is 6.42 Å². The maximum absolute atomic E-state index is 12.2. The molecular weight excluding hydrogens is 230 g/mol. The second-order valence-electron chi connectivity index (χ2n) is 6.30. The third kappa shape index (κ3) is 3.45. The molecule has 3 N–H and O–H groups in total. The van der Waals surface area contributed by atoms with Gasteiger partial charge in [-0.05, 0) is 33.6 Å². The lowest BCUT2D eigenvalue weighted by Crippen LogP contribution is -2.53. The molecule has 0 spiro atoms. The molecule has 1 rings (SSSR count). The number of nitrogens with two attached hydrogens (primary N) is 1. The third-order valence-corrected chi connectivity index (χ3v) is 3.40. The summed E-state index contributed by atoms with van der Waals surface area (Å²) in [5.74, 6) is -0.134. The summed E-state index contributed by atoms with van der Waals surface area (Å²) in [6.45, 7) is 6.22. The topological polar surface area (TPSA) is 75.4 Å². The first-order valence-electron chi connectivity index (χ1n) is 6.47. The maximum Gasteiger partial charge on any atom is 0.240 e. The van der Waals surface area contributed by atoms with E-state index in [-0.39, 0.29) is 23.9 Å². The van der Waals surface area contributed by atoms with Gasteiger partial charge in [0, 0.05) is 19.1 Å². The van der Waals surface area contributed by atoms with Crippen LogP contribution in [0, 0.1) is 5.41 Å². The van der Waals surface area contributed by atoms with Crippen molar-refractivity contribution in [1.29, 1.82) is 0 Å². The van der Waals surface area contributed by atoms with Crippen LogP contribution in [0.15, 0.2) is 0 Å². The molecule has 0 aromatic rings. The van der Waals surface area contributed by atoms with Crippen molar-refractivity contribution in [2.45, 2.75) is 45.6 Å². The molecule has 18 heavy (non-hydrogen) atoms. The fourth-order valence-electron chi connectivity index (χ4n) is 2.26. The lowest BCUT2D eigenvalue weighted by atomic mass is 9.68. The molecule has 0 saturated heterocycles. The zero-order valence-electron chi connectivity index (χ0n) is 11.9. The molecule has 0 unspecified atom stereocenters. The van der Waals surface area contributed by atoms with Gasteiger partial charge in [0.1, 0.15) is 0 Å². The Kier molecular flexibility index (Phi) is 4.37. The molecule has 1 aliphatic rings. The smallest absolute Gasteiger partial charge is 0.240 e. The van der Waals surface area contributed by atoms with Crippen molar-refractivity contribution >= 4 is 11.8 Å². The molecule has 1 aliphatic carbocycles. The van der Waals surface area contributed by atoms with Gasteiger partial charge in [0.15, 0.2) is 0 Å². The molecule has 0 aliphatic heterocycles. The van der Waals surface area contributed by atoms with E-state index in [1.165, 1.54) is 4.90 Å². The molecule has 5 heteroatoms. The highest BCUT2D eigenvalue weighted by molar-refractivity contribution is 5.88. The van der Waals surface area contributed by atoms with E-state index in [1.54, 1.807) is 7.05 Å². The number of rotatable bonds is 4. The number of hydrogen-bond acceptors (Lipinski definition) is 3. The first-order valence-corrected chi connectivity index (χ1v) is 6.47.